The minimum absolute atomic E-state index is 0.101. The number of hydrogen-bond acceptors (Lipinski definition) is 1. The third kappa shape index (κ3) is 1.69. The molecule has 0 aliphatic carbocycles. The van der Waals surface area contributed by atoms with Crippen LogP contribution in [0, 0.1) is 0 Å². The molecule has 1 amide bonds. The first-order valence-corrected chi connectivity index (χ1v) is 4.54. The highest BCUT2D eigenvalue weighted by Gasteiger charge is 2.19. The number of hydrogen-bond donors (Lipinski definition) is 1. The number of carbonyl (C=O) groups is 1. The molecule has 0 unspecified atom stereocenters. The summed E-state index contributed by atoms with van der Waals surface area (Å²) in [6, 6.07) is 1.69. The molecule has 0 saturated carbocycles. The zero-order chi connectivity index (χ0) is 9.97. The number of nitrogens with one attached hydrogen (secondary N) is 1. The van der Waals surface area contributed by atoms with Crippen molar-refractivity contribution in [1.29, 1.82) is 0 Å². The van der Waals surface area contributed by atoms with Crippen molar-refractivity contribution in [3.63, 3.8) is 0 Å². The molecule has 2 rings (SSSR count). The maximum atomic E-state index is 12.9. The first-order chi connectivity index (χ1) is 6.77. The van der Waals surface area contributed by atoms with E-state index in [4.69, 9.17) is 0 Å². The minimum atomic E-state index is -0.222. The van der Waals surface area contributed by atoms with Crippen LogP contribution in [0.15, 0.2) is 30.4 Å². The number of halogens is 1. The Hall–Kier alpha value is -1.58. The van der Waals surface area contributed by atoms with Crippen molar-refractivity contribution in [2.24, 2.45) is 0 Å². The van der Waals surface area contributed by atoms with Crippen molar-refractivity contribution in [2.45, 2.75) is 6.42 Å². The summed E-state index contributed by atoms with van der Waals surface area (Å²) in [5, 5.41) is 0. The Morgan fingerprint density at radius 1 is 1.57 bits per heavy atom. The predicted molar refractivity (Wildman–Crippen MR) is 50.5 cm³/mol. The highest BCUT2D eigenvalue weighted by atomic mass is 19.1. The number of nitrogens with zero attached hydrogens (tertiary/aromatic N) is 1. The summed E-state index contributed by atoms with van der Waals surface area (Å²) < 4.78 is 12.9. The SMILES string of the molecule is O=C(c1cc[nH]c1)N1CCC=C(F)C1. The van der Waals surface area contributed by atoms with E-state index in [9.17, 15) is 9.18 Å². The zero-order valence-electron chi connectivity index (χ0n) is 7.66. The Kier molecular flexibility index (Phi) is 2.35. The van der Waals surface area contributed by atoms with Gasteiger partial charge in [-0.2, -0.15) is 0 Å². The molecule has 0 bridgehead atoms. The monoisotopic (exact) mass is 194 g/mol. The Morgan fingerprint density at radius 3 is 3.07 bits per heavy atom. The molecule has 1 aromatic rings. The molecule has 2 heterocycles. The van der Waals surface area contributed by atoms with Crippen LogP contribution >= 0.6 is 0 Å². The van der Waals surface area contributed by atoms with Gasteiger partial charge in [-0.15, -0.1) is 0 Å². The molecule has 4 heteroatoms. The first kappa shape index (κ1) is 8.99. The van der Waals surface area contributed by atoms with Crippen LogP contribution in [0.1, 0.15) is 16.8 Å². The van der Waals surface area contributed by atoms with E-state index in [0.29, 0.717) is 18.5 Å². The fourth-order valence-electron chi connectivity index (χ4n) is 1.52. The summed E-state index contributed by atoms with van der Waals surface area (Å²) in [4.78, 5) is 16.0. The van der Waals surface area contributed by atoms with Crippen molar-refractivity contribution in [3.8, 4) is 0 Å². The molecule has 0 aromatic carbocycles. The Balaban J connectivity index is 2.10. The van der Waals surface area contributed by atoms with E-state index < -0.39 is 0 Å². The minimum Gasteiger partial charge on any atom is -0.367 e. The lowest BCUT2D eigenvalue weighted by Crippen LogP contribution is -2.34. The summed E-state index contributed by atoms with van der Waals surface area (Å²) in [7, 11) is 0. The standard InChI is InChI=1S/C10H11FN2O/c11-9-2-1-5-13(7-9)10(14)8-3-4-12-6-8/h2-4,6,12H,1,5,7H2. The van der Waals surface area contributed by atoms with E-state index in [2.05, 4.69) is 4.98 Å². The van der Waals surface area contributed by atoms with Crippen LogP contribution in [0.2, 0.25) is 0 Å². The van der Waals surface area contributed by atoms with Gasteiger partial charge in [-0.3, -0.25) is 4.79 Å². The number of rotatable bonds is 1. The smallest absolute Gasteiger partial charge is 0.255 e. The van der Waals surface area contributed by atoms with Gasteiger partial charge in [0.05, 0.1) is 12.1 Å². The molecule has 14 heavy (non-hydrogen) atoms. The molecular formula is C10H11FN2O. The van der Waals surface area contributed by atoms with E-state index in [0.717, 1.165) is 0 Å². The zero-order valence-corrected chi connectivity index (χ0v) is 7.66. The van der Waals surface area contributed by atoms with Gasteiger partial charge in [0.15, 0.2) is 0 Å². The van der Waals surface area contributed by atoms with Gasteiger partial charge in [0, 0.05) is 18.9 Å². The van der Waals surface area contributed by atoms with Gasteiger partial charge in [0.1, 0.15) is 5.83 Å². The second-order valence-electron chi connectivity index (χ2n) is 3.27. The molecule has 74 valence electrons. The number of H-pyrrole nitrogens is 1. The van der Waals surface area contributed by atoms with Gasteiger partial charge < -0.3 is 9.88 Å². The van der Waals surface area contributed by atoms with Crippen LogP contribution in [-0.4, -0.2) is 28.9 Å². The van der Waals surface area contributed by atoms with Gasteiger partial charge >= 0.3 is 0 Å². The van der Waals surface area contributed by atoms with E-state index in [1.165, 1.54) is 11.0 Å². The molecule has 1 N–H and O–H groups in total. The average molecular weight is 194 g/mol. The molecule has 0 radical (unpaired) electrons. The van der Waals surface area contributed by atoms with Crippen LogP contribution < -0.4 is 0 Å². The summed E-state index contributed by atoms with van der Waals surface area (Å²) >= 11 is 0. The molecular weight excluding hydrogens is 183 g/mol. The number of amides is 1. The van der Waals surface area contributed by atoms with Crippen molar-refractivity contribution < 1.29 is 9.18 Å². The molecule has 1 aliphatic heterocycles. The fraction of sp³-hybridized carbons (Fsp3) is 0.300. The molecule has 0 fully saturated rings. The van der Waals surface area contributed by atoms with Crippen molar-refractivity contribution in [2.75, 3.05) is 13.1 Å². The first-order valence-electron chi connectivity index (χ1n) is 4.54. The number of carbonyl (C=O) groups excluding carboxylic acids is 1. The second kappa shape index (κ2) is 3.65. The normalized spacial score (nSPS) is 16.6. The molecule has 3 nitrogen and oxygen atoms in total. The van der Waals surface area contributed by atoms with Crippen LogP contribution in [0.25, 0.3) is 0 Å². The van der Waals surface area contributed by atoms with Crippen LogP contribution in [0.3, 0.4) is 0 Å². The third-order valence-corrected chi connectivity index (χ3v) is 2.24. The highest BCUT2D eigenvalue weighted by Crippen LogP contribution is 2.13. The predicted octanol–water partition coefficient (Wildman–Crippen LogP) is 1.71. The largest absolute Gasteiger partial charge is 0.367 e. The summed E-state index contributed by atoms with van der Waals surface area (Å²) in [5.41, 5.74) is 0.583. The average Bonchev–Trinajstić information content (AvgIpc) is 2.69. The van der Waals surface area contributed by atoms with Gasteiger partial charge in [-0.1, -0.05) is 0 Å². The van der Waals surface area contributed by atoms with E-state index in [1.54, 1.807) is 18.5 Å². The second-order valence-corrected chi connectivity index (χ2v) is 3.27. The number of aromatic nitrogens is 1. The third-order valence-electron chi connectivity index (χ3n) is 2.24. The quantitative estimate of drug-likeness (QED) is 0.725. The fourth-order valence-corrected chi connectivity index (χ4v) is 1.52. The van der Waals surface area contributed by atoms with Gasteiger partial charge in [0.2, 0.25) is 0 Å². The molecule has 0 spiro atoms. The highest BCUT2D eigenvalue weighted by molar-refractivity contribution is 5.94. The van der Waals surface area contributed by atoms with Crippen LogP contribution in [-0.2, 0) is 0 Å². The topological polar surface area (TPSA) is 36.1 Å². The number of aromatic amines is 1. The molecule has 0 saturated heterocycles. The molecule has 1 aliphatic rings. The molecule has 1 aromatic heterocycles. The molecule has 0 atom stereocenters. The summed E-state index contributed by atoms with van der Waals surface area (Å²) in [6.45, 7) is 0.696. The lowest BCUT2D eigenvalue weighted by molar-refractivity contribution is 0.0755. The van der Waals surface area contributed by atoms with E-state index >= 15 is 0 Å². The van der Waals surface area contributed by atoms with E-state index in [1.807, 2.05) is 0 Å². The summed E-state index contributed by atoms with van der Waals surface area (Å²) in [6.07, 6.45) is 5.44. The van der Waals surface area contributed by atoms with Crippen LogP contribution in [0.5, 0.6) is 0 Å². The van der Waals surface area contributed by atoms with Crippen molar-refractivity contribution >= 4 is 5.91 Å². The van der Waals surface area contributed by atoms with Gasteiger partial charge in [-0.05, 0) is 18.6 Å². The summed E-state index contributed by atoms with van der Waals surface area (Å²) in [5.74, 6) is -0.338. The van der Waals surface area contributed by atoms with Gasteiger partial charge in [0.25, 0.3) is 5.91 Å². The van der Waals surface area contributed by atoms with Crippen LogP contribution in [0.4, 0.5) is 4.39 Å². The van der Waals surface area contributed by atoms with E-state index in [-0.39, 0.29) is 18.3 Å². The van der Waals surface area contributed by atoms with Crippen molar-refractivity contribution in [1.82, 2.24) is 9.88 Å². The lowest BCUT2D eigenvalue weighted by Gasteiger charge is -2.23. The van der Waals surface area contributed by atoms with Crippen molar-refractivity contribution in [3.05, 3.63) is 35.9 Å². The maximum absolute atomic E-state index is 12.9. The lowest BCUT2D eigenvalue weighted by atomic mass is 10.2. The Labute approximate surface area is 81.2 Å². The maximum Gasteiger partial charge on any atom is 0.255 e. The Bertz CT molecular complexity index is 356. The van der Waals surface area contributed by atoms with Gasteiger partial charge in [-0.25, -0.2) is 4.39 Å². The Morgan fingerprint density at radius 2 is 2.43 bits per heavy atom.